The number of fused-ring (bicyclic) bond motifs is 5. The lowest BCUT2D eigenvalue weighted by molar-refractivity contribution is 0.397. The van der Waals surface area contributed by atoms with Crippen molar-refractivity contribution in [3.05, 3.63) is 159 Å². The number of benzene rings is 6. The highest BCUT2D eigenvalue weighted by Gasteiger charge is 2.43. The standard InChI is InChI=1S/C35H48.C26H31N/c1-5-7-9-11-13-17-23-35(24-18-14-12-10-8-6-2)32-25-27(3)21-22-31(32)34-30-20-16-15-19-29(30)28(4)26-33(34)35;1-18-8-12-23(13-9-18)27(24-14-10-19(2)11-15-24)25-20(3)16-22(17-21(25)4)26(5,6)7/h15-16,19-22,25-26H,5-14,17-18,23-24H2,1-4H3;8-17H,1-7H3. The second-order valence-corrected chi connectivity index (χ2v) is 20.0. The Kier molecular flexibility index (Phi) is 16.0. The highest BCUT2D eigenvalue weighted by molar-refractivity contribution is 6.04. The second-order valence-electron chi connectivity index (χ2n) is 20.0. The maximum absolute atomic E-state index is 2.58. The molecule has 0 amide bonds. The molecule has 0 radical (unpaired) electrons. The molecule has 0 spiro atoms. The molecule has 0 aliphatic heterocycles. The van der Waals surface area contributed by atoms with Crippen molar-refractivity contribution in [2.45, 2.75) is 177 Å². The lowest BCUT2D eigenvalue weighted by Crippen LogP contribution is -2.26. The second kappa shape index (κ2) is 21.2. The molecule has 0 atom stereocenters. The fraction of sp³-hybridized carbons (Fsp3) is 0.443. The van der Waals surface area contributed by atoms with Gasteiger partial charge in [-0.05, 0) is 139 Å². The van der Waals surface area contributed by atoms with Crippen molar-refractivity contribution in [3.8, 4) is 11.1 Å². The van der Waals surface area contributed by atoms with Crippen molar-refractivity contribution in [1.29, 1.82) is 0 Å². The van der Waals surface area contributed by atoms with Crippen LogP contribution in [0.3, 0.4) is 0 Å². The number of aryl methyl sites for hydroxylation is 6. The van der Waals surface area contributed by atoms with Gasteiger partial charge in [-0.25, -0.2) is 0 Å². The van der Waals surface area contributed by atoms with Crippen LogP contribution in [0.2, 0.25) is 0 Å². The van der Waals surface area contributed by atoms with E-state index in [-0.39, 0.29) is 10.8 Å². The lowest BCUT2D eigenvalue weighted by atomic mass is 9.70. The van der Waals surface area contributed by atoms with Gasteiger partial charge < -0.3 is 4.90 Å². The summed E-state index contributed by atoms with van der Waals surface area (Å²) in [6.07, 6.45) is 19.1. The van der Waals surface area contributed by atoms with Gasteiger partial charge >= 0.3 is 0 Å². The molecule has 1 aliphatic rings. The molecule has 6 aromatic carbocycles. The molecule has 0 unspecified atom stereocenters. The van der Waals surface area contributed by atoms with Gasteiger partial charge in [-0.3, -0.25) is 0 Å². The van der Waals surface area contributed by atoms with Gasteiger partial charge in [0, 0.05) is 16.8 Å². The molecule has 0 bridgehead atoms. The van der Waals surface area contributed by atoms with Gasteiger partial charge in [0.2, 0.25) is 0 Å². The molecule has 1 nitrogen and oxygen atoms in total. The summed E-state index contributed by atoms with van der Waals surface area (Å²) in [5, 5.41) is 2.88. The Morgan fingerprint density at radius 3 is 1.42 bits per heavy atom. The van der Waals surface area contributed by atoms with Crippen LogP contribution in [-0.2, 0) is 10.8 Å². The fourth-order valence-corrected chi connectivity index (χ4v) is 10.3. The number of hydrogen-bond acceptors (Lipinski definition) is 1. The van der Waals surface area contributed by atoms with Crippen LogP contribution < -0.4 is 4.90 Å². The first kappa shape index (κ1) is 46.9. The van der Waals surface area contributed by atoms with E-state index < -0.39 is 0 Å². The van der Waals surface area contributed by atoms with Crippen molar-refractivity contribution >= 4 is 27.8 Å². The van der Waals surface area contributed by atoms with Gasteiger partial charge in [0.05, 0.1) is 5.69 Å². The maximum Gasteiger partial charge on any atom is 0.0520 e. The van der Waals surface area contributed by atoms with Crippen molar-refractivity contribution in [2.75, 3.05) is 4.90 Å². The normalized spacial score (nSPS) is 12.8. The Bertz CT molecular complexity index is 2280. The zero-order chi connectivity index (χ0) is 44.4. The molecular formula is C61H79N. The van der Waals surface area contributed by atoms with E-state index >= 15 is 0 Å². The quantitative estimate of drug-likeness (QED) is 0.0828. The Labute approximate surface area is 378 Å². The zero-order valence-electron chi connectivity index (χ0n) is 40.7. The summed E-state index contributed by atoms with van der Waals surface area (Å²) in [4.78, 5) is 2.38. The van der Waals surface area contributed by atoms with Crippen molar-refractivity contribution in [2.24, 2.45) is 0 Å². The molecule has 1 heteroatoms. The van der Waals surface area contributed by atoms with E-state index in [1.165, 1.54) is 168 Å². The van der Waals surface area contributed by atoms with Gasteiger partial charge in [-0.1, -0.05) is 213 Å². The highest BCUT2D eigenvalue weighted by Crippen LogP contribution is 2.57. The number of nitrogens with zero attached hydrogens (tertiary/aromatic N) is 1. The number of rotatable bonds is 17. The molecule has 1 aliphatic carbocycles. The minimum Gasteiger partial charge on any atom is -0.310 e. The summed E-state index contributed by atoms with van der Waals surface area (Å²) in [6.45, 7) is 24.8. The summed E-state index contributed by atoms with van der Waals surface area (Å²) in [5.41, 5.74) is 19.7. The van der Waals surface area contributed by atoms with E-state index in [0.717, 1.165) is 0 Å². The van der Waals surface area contributed by atoms with Crippen LogP contribution in [0, 0.1) is 41.5 Å². The minimum atomic E-state index is 0.145. The zero-order valence-corrected chi connectivity index (χ0v) is 40.7. The molecule has 0 saturated carbocycles. The summed E-state index contributed by atoms with van der Waals surface area (Å²) in [7, 11) is 0. The van der Waals surface area contributed by atoms with E-state index in [9.17, 15) is 0 Å². The summed E-state index contributed by atoms with van der Waals surface area (Å²) >= 11 is 0. The molecule has 0 N–H and O–H groups in total. The van der Waals surface area contributed by atoms with E-state index in [1.807, 2.05) is 0 Å². The smallest absolute Gasteiger partial charge is 0.0520 e. The predicted octanol–water partition coefficient (Wildman–Crippen LogP) is 18.9. The Hall–Kier alpha value is -4.62. The van der Waals surface area contributed by atoms with Gasteiger partial charge in [0.25, 0.3) is 0 Å². The monoisotopic (exact) mass is 826 g/mol. The van der Waals surface area contributed by atoms with Crippen LogP contribution in [0.4, 0.5) is 17.1 Å². The molecule has 6 aromatic rings. The third-order valence-electron chi connectivity index (χ3n) is 13.8. The van der Waals surface area contributed by atoms with Gasteiger partial charge in [0.1, 0.15) is 0 Å². The SMILES string of the molecule is CCCCCCCCC1(CCCCCCCC)c2cc(C)ccc2-c2c1cc(C)c1ccccc21.Cc1ccc(N(c2ccc(C)cc2)c2c(C)cc(C(C)(C)C)cc2C)cc1. The molecular weight excluding hydrogens is 747 g/mol. The number of unbranched alkanes of at least 4 members (excludes halogenated alkanes) is 10. The maximum atomic E-state index is 2.58. The van der Waals surface area contributed by atoms with Crippen molar-refractivity contribution in [1.82, 2.24) is 0 Å². The average Bonchev–Trinajstić information content (AvgIpc) is 3.50. The van der Waals surface area contributed by atoms with Gasteiger partial charge in [-0.2, -0.15) is 0 Å². The van der Waals surface area contributed by atoms with E-state index in [1.54, 1.807) is 11.1 Å². The number of anilines is 3. The molecule has 62 heavy (non-hydrogen) atoms. The molecule has 7 rings (SSSR count). The van der Waals surface area contributed by atoms with E-state index in [4.69, 9.17) is 0 Å². The van der Waals surface area contributed by atoms with Crippen LogP contribution in [0.25, 0.3) is 21.9 Å². The summed E-state index contributed by atoms with van der Waals surface area (Å²) in [5.74, 6) is 0. The summed E-state index contributed by atoms with van der Waals surface area (Å²) in [6, 6.07) is 41.3. The third kappa shape index (κ3) is 10.8. The highest BCUT2D eigenvalue weighted by atomic mass is 15.1. The fourth-order valence-electron chi connectivity index (χ4n) is 10.3. The first-order valence-corrected chi connectivity index (χ1v) is 24.5. The molecule has 0 aromatic heterocycles. The van der Waals surface area contributed by atoms with Crippen LogP contribution in [-0.4, -0.2) is 0 Å². The minimum absolute atomic E-state index is 0.145. The van der Waals surface area contributed by atoms with E-state index in [2.05, 4.69) is 190 Å². The van der Waals surface area contributed by atoms with E-state index in [0.29, 0.717) is 0 Å². The summed E-state index contributed by atoms with van der Waals surface area (Å²) < 4.78 is 0. The van der Waals surface area contributed by atoms with Crippen LogP contribution in [0.1, 0.15) is 175 Å². The lowest BCUT2D eigenvalue weighted by Gasteiger charge is -2.33. The largest absolute Gasteiger partial charge is 0.310 e. The Morgan fingerprint density at radius 2 is 0.919 bits per heavy atom. The average molecular weight is 826 g/mol. The first-order chi connectivity index (χ1) is 29.8. The first-order valence-electron chi connectivity index (χ1n) is 24.5. The van der Waals surface area contributed by atoms with Crippen molar-refractivity contribution in [3.63, 3.8) is 0 Å². The molecule has 0 saturated heterocycles. The van der Waals surface area contributed by atoms with Crippen LogP contribution >= 0.6 is 0 Å². The van der Waals surface area contributed by atoms with Crippen LogP contribution in [0.5, 0.6) is 0 Å². The molecule has 328 valence electrons. The molecule has 0 heterocycles. The Balaban J connectivity index is 0.000000214. The Morgan fingerprint density at radius 1 is 0.452 bits per heavy atom. The van der Waals surface area contributed by atoms with Crippen molar-refractivity contribution < 1.29 is 0 Å². The topological polar surface area (TPSA) is 3.24 Å². The third-order valence-corrected chi connectivity index (χ3v) is 13.8. The van der Waals surface area contributed by atoms with Gasteiger partial charge in [-0.15, -0.1) is 0 Å². The number of hydrogen-bond donors (Lipinski definition) is 0. The predicted molar refractivity (Wildman–Crippen MR) is 274 cm³/mol. The molecule has 0 fully saturated rings. The van der Waals surface area contributed by atoms with Gasteiger partial charge in [0.15, 0.2) is 0 Å². The van der Waals surface area contributed by atoms with Crippen LogP contribution in [0.15, 0.2) is 109 Å².